The van der Waals surface area contributed by atoms with E-state index in [0.717, 1.165) is 18.8 Å². The molecule has 0 aromatic rings. The maximum atomic E-state index is 11.2. The van der Waals surface area contributed by atoms with Gasteiger partial charge in [0.2, 0.25) is 5.91 Å². The van der Waals surface area contributed by atoms with Crippen LogP contribution in [-0.4, -0.2) is 11.9 Å². The highest BCUT2D eigenvalue weighted by Gasteiger charge is 2.38. The van der Waals surface area contributed by atoms with Crippen LogP contribution < -0.4 is 5.32 Å². The SMILES string of the molecule is CCC1NC(=O)CC1C1CCC1. The third kappa shape index (κ3) is 1.23. The Morgan fingerprint density at radius 2 is 2.25 bits per heavy atom. The van der Waals surface area contributed by atoms with Gasteiger partial charge in [0.1, 0.15) is 0 Å². The van der Waals surface area contributed by atoms with Crippen LogP contribution in [-0.2, 0) is 4.79 Å². The van der Waals surface area contributed by atoms with Crippen LogP contribution >= 0.6 is 0 Å². The molecule has 2 rings (SSSR count). The van der Waals surface area contributed by atoms with Gasteiger partial charge in [-0.15, -0.1) is 0 Å². The molecular formula is C10H17NO. The van der Waals surface area contributed by atoms with E-state index in [9.17, 15) is 4.79 Å². The van der Waals surface area contributed by atoms with Crippen molar-refractivity contribution in [2.45, 2.75) is 45.1 Å². The highest BCUT2D eigenvalue weighted by atomic mass is 16.2. The number of carbonyl (C=O) groups is 1. The summed E-state index contributed by atoms with van der Waals surface area (Å²) in [5.74, 6) is 1.80. The molecule has 2 nitrogen and oxygen atoms in total. The van der Waals surface area contributed by atoms with Gasteiger partial charge in [-0.25, -0.2) is 0 Å². The largest absolute Gasteiger partial charge is 0.353 e. The number of hydrogen-bond donors (Lipinski definition) is 1. The highest BCUT2D eigenvalue weighted by Crippen LogP contribution is 2.39. The number of amides is 1. The molecule has 0 radical (unpaired) electrons. The predicted octanol–water partition coefficient (Wildman–Crippen LogP) is 1.70. The van der Waals surface area contributed by atoms with Crippen LogP contribution in [0.25, 0.3) is 0 Å². The van der Waals surface area contributed by atoms with Crippen molar-refractivity contribution in [3.8, 4) is 0 Å². The first-order valence-corrected chi connectivity index (χ1v) is 5.10. The molecule has 0 bridgehead atoms. The third-order valence-corrected chi connectivity index (χ3v) is 3.48. The Bertz CT molecular complexity index is 186. The molecule has 1 saturated carbocycles. The Hall–Kier alpha value is -0.530. The Labute approximate surface area is 73.7 Å². The van der Waals surface area contributed by atoms with Crippen LogP contribution in [0.4, 0.5) is 0 Å². The van der Waals surface area contributed by atoms with E-state index in [2.05, 4.69) is 12.2 Å². The van der Waals surface area contributed by atoms with E-state index in [4.69, 9.17) is 0 Å². The monoisotopic (exact) mass is 167 g/mol. The van der Waals surface area contributed by atoms with Crippen molar-refractivity contribution >= 4 is 5.91 Å². The Balaban J connectivity index is 1.98. The van der Waals surface area contributed by atoms with Crippen molar-refractivity contribution in [1.82, 2.24) is 5.32 Å². The van der Waals surface area contributed by atoms with E-state index in [0.29, 0.717) is 12.0 Å². The molecule has 2 heteroatoms. The number of rotatable bonds is 2. The quantitative estimate of drug-likeness (QED) is 0.666. The standard InChI is InChI=1S/C10H17NO/c1-2-9-8(6-10(12)11-9)7-4-3-5-7/h7-9H,2-6H2,1H3,(H,11,12). The van der Waals surface area contributed by atoms with Gasteiger partial charge in [0.25, 0.3) is 0 Å². The first-order chi connectivity index (χ1) is 5.81. The van der Waals surface area contributed by atoms with Gasteiger partial charge in [-0.05, 0) is 18.3 Å². The number of nitrogens with one attached hydrogen (secondary N) is 1. The van der Waals surface area contributed by atoms with Gasteiger partial charge in [-0.2, -0.15) is 0 Å². The minimum Gasteiger partial charge on any atom is -0.353 e. The van der Waals surface area contributed by atoms with Crippen LogP contribution in [0.1, 0.15) is 39.0 Å². The summed E-state index contributed by atoms with van der Waals surface area (Å²) in [6.45, 7) is 2.17. The van der Waals surface area contributed by atoms with Crippen molar-refractivity contribution in [3.05, 3.63) is 0 Å². The zero-order valence-electron chi connectivity index (χ0n) is 7.68. The van der Waals surface area contributed by atoms with Gasteiger partial charge < -0.3 is 5.32 Å². The summed E-state index contributed by atoms with van der Waals surface area (Å²) in [7, 11) is 0. The molecule has 2 fully saturated rings. The Morgan fingerprint density at radius 3 is 2.75 bits per heavy atom. The van der Waals surface area contributed by atoms with Gasteiger partial charge in [0.15, 0.2) is 0 Å². The average Bonchev–Trinajstić information content (AvgIpc) is 2.27. The van der Waals surface area contributed by atoms with Crippen LogP contribution in [0.5, 0.6) is 0 Å². The van der Waals surface area contributed by atoms with Crippen molar-refractivity contribution in [2.75, 3.05) is 0 Å². The molecule has 0 spiro atoms. The predicted molar refractivity (Wildman–Crippen MR) is 47.7 cm³/mol. The van der Waals surface area contributed by atoms with Crippen LogP contribution in [0, 0.1) is 11.8 Å². The average molecular weight is 167 g/mol. The lowest BCUT2D eigenvalue weighted by Gasteiger charge is -2.33. The minimum atomic E-state index is 0.277. The summed E-state index contributed by atoms with van der Waals surface area (Å²) >= 11 is 0. The topological polar surface area (TPSA) is 29.1 Å². The summed E-state index contributed by atoms with van der Waals surface area (Å²) in [6.07, 6.45) is 5.99. The van der Waals surface area contributed by atoms with E-state index < -0.39 is 0 Å². The van der Waals surface area contributed by atoms with E-state index in [1.165, 1.54) is 19.3 Å². The van der Waals surface area contributed by atoms with Gasteiger partial charge in [0, 0.05) is 12.5 Å². The number of hydrogen-bond acceptors (Lipinski definition) is 1. The maximum Gasteiger partial charge on any atom is 0.220 e. The molecular weight excluding hydrogens is 150 g/mol. The summed E-state index contributed by atoms with van der Waals surface area (Å²) in [5, 5.41) is 3.06. The second kappa shape index (κ2) is 3.08. The molecule has 1 amide bonds. The molecule has 1 heterocycles. The molecule has 1 N–H and O–H groups in total. The fourth-order valence-corrected chi connectivity index (χ4v) is 2.50. The van der Waals surface area contributed by atoms with Crippen LogP contribution in [0.3, 0.4) is 0 Å². The van der Waals surface area contributed by atoms with Gasteiger partial charge in [0.05, 0.1) is 0 Å². The summed E-state index contributed by atoms with van der Waals surface area (Å²) in [5.41, 5.74) is 0. The van der Waals surface area contributed by atoms with E-state index >= 15 is 0 Å². The molecule has 2 unspecified atom stereocenters. The first kappa shape index (κ1) is 8.09. The Kier molecular flexibility index (Phi) is 2.07. The molecule has 12 heavy (non-hydrogen) atoms. The lowest BCUT2D eigenvalue weighted by atomic mass is 9.72. The number of carbonyl (C=O) groups excluding carboxylic acids is 1. The van der Waals surface area contributed by atoms with Crippen LogP contribution in [0.2, 0.25) is 0 Å². The lowest BCUT2D eigenvalue weighted by molar-refractivity contribution is -0.119. The van der Waals surface area contributed by atoms with E-state index in [1.807, 2.05) is 0 Å². The Morgan fingerprint density at radius 1 is 1.50 bits per heavy atom. The molecule has 2 aliphatic rings. The third-order valence-electron chi connectivity index (χ3n) is 3.48. The van der Waals surface area contributed by atoms with E-state index in [-0.39, 0.29) is 5.91 Å². The minimum absolute atomic E-state index is 0.277. The summed E-state index contributed by atoms with van der Waals surface area (Å²) in [6, 6.07) is 0.489. The molecule has 2 atom stereocenters. The smallest absolute Gasteiger partial charge is 0.220 e. The molecule has 1 saturated heterocycles. The lowest BCUT2D eigenvalue weighted by Crippen LogP contribution is -2.33. The molecule has 0 aromatic carbocycles. The zero-order valence-corrected chi connectivity index (χ0v) is 7.68. The van der Waals surface area contributed by atoms with Crippen LogP contribution in [0.15, 0.2) is 0 Å². The molecule has 1 aliphatic carbocycles. The summed E-state index contributed by atoms with van der Waals surface area (Å²) < 4.78 is 0. The fourth-order valence-electron chi connectivity index (χ4n) is 2.50. The zero-order chi connectivity index (χ0) is 8.55. The van der Waals surface area contributed by atoms with Crippen molar-refractivity contribution in [1.29, 1.82) is 0 Å². The van der Waals surface area contributed by atoms with Gasteiger partial charge >= 0.3 is 0 Å². The normalized spacial score (nSPS) is 36.2. The second-order valence-corrected chi connectivity index (χ2v) is 4.14. The van der Waals surface area contributed by atoms with Gasteiger partial charge in [-0.3, -0.25) is 4.79 Å². The van der Waals surface area contributed by atoms with Crippen molar-refractivity contribution in [3.63, 3.8) is 0 Å². The first-order valence-electron chi connectivity index (χ1n) is 5.10. The van der Waals surface area contributed by atoms with Gasteiger partial charge in [-0.1, -0.05) is 26.2 Å². The molecule has 68 valence electrons. The summed E-state index contributed by atoms with van der Waals surface area (Å²) in [4.78, 5) is 11.2. The highest BCUT2D eigenvalue weighted by molar-refractivity contribution is 5.79. The second-order valence-electron chi connectivity index (χ2n) is 4.14. The maximum absolute atomic E-state index is 11.2. The molecule has 0 aromatic heterocycles. The van der Waals surface area contributed by atoms with Crippen molar-refractivity contribution in [2.24, 2.45) is 11.8 Å². The fraction of sp³-hybridized carbons (Fsp3) is 0.900. The van der Waals surface area contributed by atoms with E-state index in [1.54, 1.807) is 0 Å². The van der Waals surface area contributed by atoms with Crippen molar-refractivity contribution < 1.29 is 4.79 Å². The molecule has 1 aliphatic heterocycles.